The van der Waals surface area contributed by atoms with Gasteiger partial charge in [-0.1, -0.05) is 0 Å². The molecular formula is C13H15N3S. The fraction of sp³-hybridized carbons (Fsp3) is 0.231. The van der Waals surface area contributed by atoms with Crippen LogP contribution in [0.2, 0.25) is 0 Å². The zero-order chi connectivity index (χ0) is 12.3. The molecule has 0 amide bonds. The van der Waals surface area contributed by atoms with Crippen molar-refractivity contribution >= 4 is 23.4 Å². The molecule has 0 aliphatic heterocycles. The Kier molecular flexibility index (Phi) is 3.64. The summed E-state index contributed by atoms with van der Waals surface area (Å²) in [6, 6.07) is 10.2. The van der Waals surface area contributed by atoms with E-state index in [9.17, 15) is 0 Å². The lowest BCUT2D eigenvalue weighted by Gasteiger charge is -2.06. The van der Waals surface area contributed by atoms with Gasteiger partial charge in [-0.25, -0.2) is 9.97 Å². The summed E-state index contributed by atoms with van der Waals surface area (Å²) in [5.41, 5.74) is 2.95. The van der Waals surface area contributed by atoms with Crippen LogP contribution in [0.25, 0.3) is 0 Å². The molecule has 0 unspecified atom stereocenters. The third-order valence-electron chi connectivity index (χ3n) is 2.33. The van der Waals surface area contributed by atoms with Crippen LogP contribution in [-0.4, -0.2) is 16.2 Å². The molecule has 0 atom stereocenters. The predicted molar refractivity (Wildman–Crippen MR) is 73.0 cm³/mol. The fourth-order valence-corrected chi connectivity index (χ4v) is 1.99. The molecule has 1 heterocycles. The van der Waals surface area contributed by atoms with Gasteiger partial charge in [-0.2, -0.15) is 0 Å². The molecule has 88 valence electrons. The van der Waals surface area contributed by atoms with Crippen LogP contribution < -0.4 is 5.32 Å². The first-order valence-electron chi connectivity index (χ1n) is 5.41. The summed E-state index contributed by atoms with van der Waals surface area (Å²) in [7, 11) is 0. The number of aryl methyl sites for hydroxylation is 2. The quantitative estimate of drug-likeness (QED) is 0.839. The summed E-state index contributed by atoms with van der Waals surface area (Å²) in [6.45, 7) is 3.94. The Morgan fingerprint density at radius 2 is 1.59 bits per heavy atom. The van der Waals surface area contributed by atoms with Gasteiger partial charge in [0.2, 0.25) is 5.95 Å². The van der Waals surface area contributed by atoms with Crippen molar-refractivity contribution < 1.29 is 0 Å². The molecule has 1 N–H and O–H groups in total. The predicted octanol–water partition coefficient (Wildman–Crippen LogP) is 3.56. The standard InChI is InChI=1S/C13H15N3S/c1-9-8-10(2)15-13(14-9)16-11-4-6-12(17-3)7-5-11/h4-8H,1-3H3,(H,14,15,16). The Hall–Kier alpha value is -1.55. The number of anilines is 2. The highest BCUT2D eigenvalue weighted by molar-refractivity contribution is 7.98. The van der Waals surface area contributed by atoms with Crippen LogP contribution in [0.3, 0.4) is 0 Å². The van der Waals surface area contributed by atoms with Crippen LogP contribution in [0.5, 0.6) is 0 Å². The molecule has 0 saturated heterocycles. The summed E-state index contributed by atoms with van der Waals surface area (Å²) in [6.07, 6.45) is 2.06. The number of aromatic nitrogens is 2. The number of benzene rings is 1. The molecule has 0 radical (unpaired) electrons. The van der Waals surface area contributed by atoms with Gasteiger partial charge in [0.15, 0.2) is 0 Å². The van der Waals surface area contributed by atoms with Gasteiger partial charge in [0.25, 0.3) is 0 Å². The third kappa shape index (κ3) is 3.20. The smallest absolute Gasteiger partial charge is 0.227 e. The van der Waals surface area contributed by atoms with E-state index in [-0.39, 0.29) is 0 Å². The molecule has 0 spiro atoms. The summed E-state index contributed by atoms with van der Waals surface area (Å²) >= 11 is 1.73. The van der Waals surface area contributed by atoms with E-state index in [0.29, 0.717) is 5.95 Å². The van der Waals surface area contributed by atoms with Crippen LogP contribution in [0.1, 0.15) is 11.4 Å². The van der Waals surface area contributed by atoms with E-state index in [4.69, 9.17) is 0 Å². The SMILES string of the molecule is CSc1ccc(Nc2nc(C)cc(C)n2)cc1. The lowest BCUT2D eigenvalue weighted by Crippen LogP contribution is -1.99. The molecule has 0 fully saturated rings. The topological polar surface area (TPSA) is 37.8 Å². The fourth-order valence-electron chi connectivity index (χ4n) is 1.59. The third-order valence-corrected chi connectivity index (χ3v) is 3.07. The number of hydrogen-bond acceptors (Lipinski definition) is 4. The van der Waals surface area contributed by atoms with E-state index in [1.807, 2.05) is 32.0 Å². The average Bonchev–Trinajstić information content (AvgIpc) is 2.28. The van der Waals surface area contributed by atoms with Crippen LogP contribution in [-0.2, 0) is 0 Å². The molecule has 3 nitrogen and oxygen atoms in total. The van der Waals surface area contributed by atoms with E-state index >= 15 is 0 Å². The van der Waals surface area contributed by atoms with Gasteiger partial charge in [-0.3, -0.25) is 0 Å². The molecular weight excluding hydrogens is 230 g/mol. The Balaban J connectivity index is 2.19. The molecule has 0 bridgehead atoms. The molecule has 1 aromatic heterocycles. The van der Waals surface area contributed by atoms with Crippen molar-refractivity contribution in [3.05, 3.63) is 41.7 Å². The van der Waals surface area contributed by atoms with Crippen molar-refractivity contribution in [1.29, 1.82) is 0 Å². The number of thioether (sulfide) groups is 1. The highest BCUT2D eigenvalue weighted by Gasteiger charge is 2.00. The second-order valence-corrected chi connectivity index (χ2v) is 4.71. The van der Waals surface area contributed by atoms with Crippen LogP contribution in [0.15, 0.2) is 35.2 Å². The van der Waals surface area contributed by atoms with E-state index in [1.54, 1.807) is 11.8 Å². The summed E-state index contributed by atoms with van der Waals surface area (Å²) in [4.78, 5) is 9.94. The zero-order valence-corrected chi connectivity index (χ0v) is 11.0. The maximum Gasteiger partial charge on any atom is 0.227 e. The second-order valence-electron chi connectivity index (χ2n) is 3.83. The molecule has 4 heteroatoms. The van der Waals surface area contributed by atoms with E-state index in [1.165, 1.54) is 4.90 Å². The van der Waals surface area contributed by atoms with Gasteiger partial charge >= 0.3 is 0 Å². The Morgan fingerprint density at radius 3 is 2.12 bits per heavy atom. The summed E-state index contributed by atoms with van der Waals surface area (Å²) in [5, 5.41) is 3.21. The number of hydrogen-bond donors (Lipinski definition) is 1. The van der Waals surface area contributed by atoms with Crippen LogP contribution in [0, 0.1) is 13.8 Å². The minimum atomic E-state index is 0.652. The summed E-state index contributed by atoms with van der Waals surface area (Å²) < 4.78 is 0. The second kappa shape index (κ2) is 5.19. The molecule has 2 rings (SSSR count). The van der Waals surface area contributed by atoms with Gasteiger partial charge < -0.3 is 5.32 Å². The van der Waals surface area contributed by atoms with Gasteiger partial charge in [0.1, 0.15) is 0 Å². The first kappa shape index (κ1) is 11.9. The average molecular weight is 245 g/mol. The molecule has 1 aromatic carbocycles. The number of rotatable bonds is 3. The van der Waals surface area contributed by atoms with Gasteiger partial charge in [-0.05, 0) is 50.4 Å². The van der Waals surface area contributed by atoms with Crippen LogP contribution in [0.4, 0.5) is 11.6 Å². The Labute approximate surface area is 106 Å². The zero-order valence-electron chi connectivity index (χ0n) is 10.2. The first-order valence-corrected chi connectivity index (χ1v) is 6.63. The highest BCUT2D eigenvalue weighted by Crippen LogP contribution is 2.19. The minimum absolute atomic E-state index is 0.652. The molecule has 17 heavy (non-hydrogen) atoms. The molecule has 0 saturated carbocycles. The highest BCUT2D eigenvalue weighted by atomic mass is 32.2. The van der Waals surface area contributed by atoms with Crippen molar-refractivity contribution in [2.75, 3.05) is 11.6 Å². The van der Waals surface area contributed by atoms with Crippen LogP contribution >= 0.6 is 11.8 Å². The van der Waals surface area contributed by atoms with Gasteiger partial charge in [-0.15, -0.1) is 11.8 Å². The molecule has 2 aromatic rings. The largest absolute Gasteiger partial charge is 0.324 e. The van der Waals surface area contributed by atoms with Crippen molar-refractivity contribution in [2.24, 2.45) is 0 Å². The first-order chi connectivity index (χ1) is 8.17. The van der Waals surface area contributed by atoms with E-state index in [2.05, 4.69) is 33.7 Å². The summed E-state index contributed by atoms with van der Waals surface area (Å²) in [5.74, 6) is 0.652. The normalized spacial score (nSPS) is 10.3. The lowest BCUT2D eigenvalue weighted by molar-refractivity contribution is 1.06. The Morgan fingerprint density at radius 1 is 1.00 bits per heavy atom. The maximum atomic E-state index is 4.34. The minimum Gasteiger partial charge on any atom is -0.324 e. The van der Waals surface area contributed by atoms with Crippen molar-refractivity contribution in [1.82, 2.24) is 9.97 Å². The Bertz CT molecular complexity index is 488. The van der Waals surface area contributed by atoms with Gasteiger partial charge in [0.05, 0.1) is 0 Å². The van der Waals surface area contributed by atoms with E-state index < -0.39 is 0 Å². The number of nitrogens with zero attached hydrogens (tertiary/aromatic N) is 2. The molecule has 0 aliphatic rings. The monoisotopic (exact) mass is 245 g/mol. The van der Waals surface area contributed by atoms with Crippen molar-refractivity contribution in [3.63, 3.8) is 0 Å². The van der Waals surface area contributed by atoms with Crippen molar-refractivity contribution in [3.8, 4) is 0 Å². The lowest BCUT2D eigenvalue weighted by atomic mass is 10.3. The number of nitrogens with one attached hydrogen (secondary N) is 1. The maximum absolute atomic E-state index is 4.34. The van der Waals surface area contributed by atoms with Crippen molar-refractivity contribution in [2.45, 2.75) is 18.7 Å². The van der Waals surface area contributed by atoms with E-state index in [0.717, 1.165) is 17.1 Å². The van der Waals surface area contributed by atoms with Gasteiger partial charge in [0, 0.05) is 22.0 Å². The molecule has 0 aliphatic carbocycles.